The number of carbonyl (C=O) groups excluding carboxylic acids is 3. The number of ether oxygens (including phenoxy) is 3. The van der Waals surface area contributed by atoms with Gasteiger partial charge < -0.3 is 14.2 Å². The van der Waals surface area contributed by atoms with Crippen LogP contribution >= 0.6 is 15.9 Å². The van der Waals surface area contributed by atoms with E-state index in [1.165, 1.54) is 18.2 Å². The maximum Gasteiger partial charge on any atom is 0.347 e. The molecule has 31 heavy (non-hydrogen) atoms. The number of rotatable bonds is 7. The molecule has 1 N–H and O–H groups in total. The summed E-state index contributed by atoms with van der Waals surface area (Å²) >= 11 is 3.40. The van der Waals surface area contributed by atoms with Crippen molar-refractivity contribution < 1.29 is 28.6 Å². The fourth-order valence-corrected chi connectivity index (χ4v) is 3.46. The maximum absolute atomic E-state index is 12.8. The summed E-state index contributed by atoms with van der Waals surface area (Å²) in [6.07, 6.45) is 0.614. The summed E-state index contributed by atoms with van der Waals surface area (Å²) < 4.78 is 16.5. The first-order chi connectivity index (χ1) is 14.8. The molecule has 1 aliphatic heterocycles. The molecule has 9 heteroatoms. The summed E-state index contributed by atoms with van der Waals surface area (Å²) in [5.74, 6) is -0.860. The number of benzene rings is 2. The molecule has 162 valence electrons. The van der Waals surface area contributed by atoms with Gasteiger partial charge >= 0.3 is 5.97 Å². The molecular weight excluding hydrogens is 468 g/mol. The molecule has 0 aliphatic carbocycles. The number of para-hydroxylation sites is 1. The number of methoxy groups -OCH3 is 1. The van der Waals surface area contributed by atoms with Crippen molar-refractivity contribution in [1.82, 2.24) is 5.43 Å². The lowest BCUT2D eigenvalue weighted by Gasteiger charge is -2.17. The van der Waals surface area contributed by atoms with Crippen molar-refractivity contribution in [3.8, 4) is 11.5 Å². The molecular formula is C22H21BrN2O6. The third-order valence-corrected chi connectivity index (χ3v) is 4.97. The molecule has 1 atom stereocenters. The van der Waals surface area contributed by atoms with Gasteiger partial charge in [-0.2, -0.15) is 0 Å². The Morgan fingerprint density at radius 2 is 1.94 bits per heavy atom. The molecule has 0 spiro atoms. The van der Waals surface area contributed by atoms with Crippen LogP contribution in [0.15, 0.2) is 52.5 Å². The Bertz CT molecular complexity index is 1040. The van der Waals surface area contributed by atoms with Gasteiger partial charge in [0.1, 0.15) is 5.57 Å². The molecule has 1 fully saturated rings. The van der Waals surface area contributed by atoms with E-state index in [0.717, 1.165) is 0 Å². The number of hydrazine groups is 1. The van der Waals surface area contributed by atoms with E-state index in [1.807, 2.05) is 6.07 Å². The van der Waals surface area contributed by atoms with Crippen LogP contribution in [0.2, 0.25) is 0 Å². The second-order valence-electron chi connectivity index (χ2n) is 6.52. The van der Waals surface area contributed by atoms with Gasteiger partial charge in [0.2, 0.25) is 0 Å². The second-order valence-corrected chi connectivity index (χ2v) is 7.38. The fourth-order valence-electron chi connectivity index (χ4n) is 2.90. The van der Waals surface area contributed by atoms with Crippen molar-refractivity contribution in [2.24, 2.45) is 0 Å². The molecule has 0 saturated carbocycles. The minimum absolute atomic E-state index is 0.0219. The number of nitrogens with one attached hydrogen (secondary N) is 1. The lowest BCUT2D eigenvalue weighted by molar-refractivity contribution is -0.150. The topological polar surface area (TPSA) is 94.2 Å². The van der Waals surface area contributed by atoms with Crippen molar-refractivity contribution >= 4 is 45.5 Å². The normalized spacial score (nSPS) is 15.6. The predicted molar refractivity (Wildman–Crippen MR) is 117 cm³/mol. The van der Waals surface area contributed by atoms with Gasteiger partial charge in [-0.25, -0.2) is 9.80 Å². The maximum atomic E-state index is 12.8. The van der Waals surface area contributed by atoms with E-state index < -0.39 is 23.9 Å². The molecule has 1 heterocycles. The molecule has 8 nitrogen and oxygen atoms in total. The first kappa shape index (κ1) is 22.4. The van der Waals surface area contributed by atoms with Crippen LogP contribution in [0.4, 0.5) is 5.69 Å². The number of carbonyl (C=O) groups is 3. The first-order valence-corrected chi connectivity index (χ1v) is 10.3. The van der Waals surface area contributed by atoms with E-state index in [0.29, 0.717) is 27.2 Å². The minimum Gasteiger partial charge on any atom is -0.493 e. The van der Waals surface area contributed by atoms with E-state index in [2.05, 4.69) is 21.4 Å². The van der Waals surface area contributed by atoms with Crippen LogP contribution < -0.4 is 19.9 Å². The smallest absolute Gasteiger partial charge is 0.347 e. The number of halogens is 1. The number of esters is 1. The van der Waals surface area contributed by atoms with Gasteiger partial charge in [0, 0.05) is 0 Å². The summed E-state index contributed by atoms with van der Waals surface area (Å²) in [6.45, 7) is 3.52. The van der Waals surface area contributed by atoms with E-state index >= 15 is 0 Å². The fraction of sp³-hybridized carbons (Fsp3) is 0.227. The molecule has 2 amide bonds. The van der Waals surface area contributed by atoms with Crippen molar-refractivity contribution in [3.63, 3.8) is 0 Å². The molecule has 0 unspecified atom stereocenters. The Kier molecular flexibility index (Phi) is 6.96. The summed E-state index contributed by atoms with van der Waals surface area (Å²) in [5, 5.41) is 1.19. The standard InChI is InChI=1S/C22H21BrN2O6/c1-4-30-22(28)13(2)31-19-17(23)11-14(12-18(19)29-3)10-16-20(26)24-25(21(16)27)15-8-6-5-7-9-15/h5-13H,4H2,1-3H3,(H,24,26)/b16-10-/t13-/m0/s1. The molecule has 3 rings (SSSR count). The van der Waals surface area contributed by atoms with Crippen LogP contribution in [0.5, 0.6) is 11.5 Å². The summed E-state index contributed by atoms with van der Waals surface area (Å²) in [5.41, 5.74) is 3.62. The van der Waals surface area contributed by atoms with E-state index in [9.17, 15) is 14.4 Å². The zero-order valence-corrected chi connectivity index (χ0v) is 18.8. The number of hydrogen-bond acceptors (Lipinski definition) is 6. The first-order valence-electron chi connectivity index (χ1n) is 9.48. The molecule has 0 aromatic heterocycles. The lowest BCUT2D eigenvalue weighted by atomic mass is 10.1. The Labute approximate surface area is 187 Å². The zero-order chi connectivity index (χ0) is 22.5. The third-order valence-electron chi connectivity index (χ3n) is 4.38. The Morgan fingerprint density at radius 1 is 1.23 bits per heavy atom. The molecule has 2 aromatic carbocycles. The van der Waals surface area contributed by atoms with Crippen molar-refractivity contribution in [1.29, 1.82) is 0 Å². The summed E-state index contributed by atoms with van der Waals surface area (Å²) in [4.78, 5) is 37.0. The van der Waals surface area contributed by atoms with Gasteiger partial charge in [-0.3, -0.25) is 15.0 Å². The molecule has 1 saturated heterocycles. The second kappa shape index (κ2) is 9.65. The molecule has 2 aromatic rings. The van der Waals surface area contributed by atoms with E-state index in [4.69, 9.17) is 14.2 Å². The highest BCUT2D eigenvalue weighted by atomic mass is 79.9. The summed E-state index contributed by atoms with van der Waals surface area (Å²) in [7, 11) is 1.45. The number of nitrogens with zero attached hydrogens (tertiary/aromatic N) is 1. The Balaban J connectivity index is 1.89. The van der Waals surface area contributed by atoms with Crippen molar-refractivity contribution in [2.75, 3.05) is 18.7 Å². The van der Waals surface area contributed by atoms with Crippen molar-refractivity contribution in [3.05, 3.63) is 58.1 Å². The van der Waals surface area contributed by atoms with Crippen LogP contribution in [0, 0.1) is 0 Å². The molecule has 0 bridgehead atoms. The van der Waals surface area contributed by atoms with Gasteiger partial charge in [0.25, 0.3) is 11.8 Å². The van der Waals surface area contributed by atoms with Gasteiger partial charge in [-0.1, -0.05) is 18.2 Å². The lowest BCUT2D eigenvalue weighted by Crippen LogP contribution is -2.35. The third kappa shape index (κ3) is 4.88. The van der Waals surface area contributed by atoms with Gasteiger partial charge in [0.15, 0.2) is 17.6 Å². The SMILES string of the molecule is CCOC(=O)[C@H](C)Oc1c(Br)cc(/C=C2/C(=O)NN(c3ccccc3)C2=O)cc1OC. The van der Waals surface area contributed by atoms with Crippen molar-refractivity contribution in [2.45, 2.75) is 20.0 Å². The van der Waals surface area contributed by atoms with Crippen LogP contribution in [-0.4, -0.2) is 37.6 Å². The zero-order valence-electron chi connectivity index (χ0n) is 17.2. The predicted octanol–water partition coefficient (Wildman–Crippen LogP) is 3.25. The average molecular weight is 489 g/mol. The van der Waals surface area contributed by atoms with Crippen LogP contribution in [0.1, 0.15) is 19.4 Å². The highest BCUT2D eigenvalue weighted by Gasteiger charge is 2.34. The Morgan fingerprint density at radius 3 is 2.58 bits per heavy atom. The summed E-state index contributed by atoms with van der Waals surface area (Å²) in [6, 6.07) is 12.1. The molecule has 0 radical (unpaired) electrons. The van der Waals surface area contributed by atoms with Crippen LogP contribution in [-0.2, 0) is 19.1 Å². The average Bonchev–Trinajstić information content (AvgIpc) is 3.04. The number of amides is 2. The van der Waals surface area contributed by atoms with E-state index in [-0.39, 0.29) is 12.2 Å². The van der Waals surface area contributed by atoms with Gasteiger partial charge in [-0.05, 0) is 65.7 Å². The van der Waals surface area contributed by atoms with Crippen LogP contribution in [0.3, 0.4) is 0 Å². The Hall–Kier alpha value is -3.33. The monoisotopic (exact) mass is 488 g/mol. The van der Waals surface area contributed by atoms with Gasteiger partial charge in [0.05, 0.1) is 23.9 Å². The quantitative estimate of drug-likeness (QED) is 0.365. The number of anilines is 1. The molecule has 1 aliphatic rings. The van der Waals surface area contributed by atoms with Crippen LogP contribution in [0.25, 0.3) is 6.08 Å². The van der Waals surface area contributed by atoms with E-state index in [1.54, 1.807) is 50.2 Å². The van der Waals surface area contributed by atoms with Gasteiger partial charge in [-0.15, -0.1) is 0 Å². The largest absolute Gasteiger partial charge is 0.493 e. The number of hydrogen-bond donors (Lipinski definition) is 1. The minimum atomic E-state index is -0.851. The highest BCUT2D eigenvalue weighted by Crippen LogP contribution is 2.38. The highest BCUT2D eigenvalue weighted by molar-refractivity contribution is 9.10.